The van der Waals surface area contributed by atoms with Crippen molar-refractivity contribution in [3.05, 3.63) is 12.8 Å². The van der Waals surface area contributed by atoms with Gasteiger partial charge in [0.2, 0.25) is 0 Å². The average Bonchev–Trinajstić information content (AvgIpc) is 3.00. The summed E-state index contributed by atoms with van der Waals surface area (Å²) in [6.07, 6.45) is 1.39. The molecule has 0 aliphatic heterocycles. The van der Waals surface area contributed by atoms with Gasteiger partial charge in [-0.1, -0.05) is 6.58 Å². The lowest BCUT2D eigenvalue weighted by Crippen LogP contribution is -2.15. The standard InChI is InChI=1S/C28H57NO13/c1-2-30-5-6-32-9-10-34-13-14-36-17-18-38-21-22-40-25-26-42-28-27-41-24-23-39-20-19-37-16-15-35-12-11-33-8-7-31-4-3-29/h2H,1,3-29H2. The molecule has 0 heterocycles. The van der Waals surface area contributed by atoms with E-state index in [0.717, 1.165) is 0 Å². The molecule has 0 unspecified atom stereocenters. The Labute approximate surface area is 252 Å². The van der Waals surface area contributed by atoms with Crippen LogP contribution in [0.5, 0.6) is 0 Å². The molecule has 0 spiro atoms. The highest BCUT2D eigenvalue weighted by molar-refractivity contribution is 4.47. The number of hydrogen-bond acceptors (Lipinski definition) is 14. The van der Waals surface area contributed by atoms with E-state index in [9.17, 15) is 0 Å². The highest BCUT2D eigenvalue weighted by Gasteiger charge is 1.96. The summed E-state index contributed by atoms with van der Waals surface area (Å²) in [5, 5.41) is 0. The van der Waals surface area contributed by atoms with Crippen molar-refractivity contribution >= 4 is 0 Å². The number of ether oxygens (including phenoxy) is 13. The Bertz CT molecular complexity index is 495. The Kier molecular flexibility index (Phi) is 39.1. The second-order valence-electron chi connectivity index (χ2n) is 8.17. The van der Waals surface area contributed by atoms with E-state index in [-0.39, 0.29) is 0 Å². The SMILES string of the molecule is C=COCCOCCOCCOCCOCCOCCOCCOCCOCCOCCOCCOCCOCCN. The monoisotopic (exact) mass is 615 g/mol. The summed E-state index contributed by atoms with van der Waals surface area (Å²) in [6, 6.07) is 0. The maximum Gasteiger partial charge on any atom is 0.111 e. The first-order chi connectivity index (χ1) is 20.9. The van der Waals surface area contributed by atoms with Crippen molar-refractivity contribution in [3.63, 3.8) is 0 Å². The van der Waals surface area contributed by atoms with Gasteiger partial charge in [-0.25, -0.2) is 0 Å². The highest BCUT2D eigenvalue weighted by atomic mass is 16.6. The van der Waals surface area contributed by atoms with E-state index in [0.29, 0.717) is 172 Å². The van der Waals surface area contributed by atoms with Gasteiger partial charge in [0.15, 0.2) is 0 Å². The van der Waals surface area contributed by atoms with Crippen molar-refractivity contribution < 1.29 is 61.6 Å². The predicted molar refractivity (Wildman–Crippen MR) is 155 cm³/mol. The molecule has 0 atom stereocenters. The smallest absolute Gasteiger partial charge is 0.111 e. The third-order valence-corrected chi connectivity index (χ3v) is 4.82. The number of hydrogen-bond donors (Lipinski definition) is 1. The van der Waals surface area contributed by atoms with Gasteiger partial charge in [-0.15, -0.1) is 0 Å². The maximum atomic E-state index is 5.47. The van der Waals surface area contributed by atoms with Crippen LogP contribution in [-0.4, -0.2) is 172 Å². The van der Waals surface area contributed by atoms with E-state index in [4.69, 9.17) is 67.3 Å². The first kappa shape index (κ1) is 41.0. The molecule has 0 saturated heterocycles. The van der Waals surface area contributed by atoms with Crippen LogP contribution in [0.1, 0.15) is 0 Å². The first-order valence-electron chi connectivity index (χ1n) is 14.8. The summed E-state index contributed by atoms with van der Waals surface area (Å²) in [7, 11) is 0. The summed E-state index contributed by atoms with van der Waals surface area (Å²) < 4.78 is 69.8. The van der Waals surface area contributed by atoms with Gasteiger partial charge in [0.05, 0.1) is 165 Å². The van der Waals surface area contributed by atoms with Crippen molar-refractivity contribution in [1.29, 1.82) is 0 Å². The van der Waals surface area contributed by atoms with Crippen molar-refractivity contribution in [3.8, 4) is 0 Å². The molecule has 0 radical (unpaired) electrons. The Morgan fingerprint density at radius 1 is 0.286 bits per heavy atom. The van der Waals surface area contributed by atoms with Crippen LogP contribution in [0.3, 0.4) is 0 Å². The topological polar surface area (TPSA) is 146 Å². The molecule has 0 rings (SSSR count). The molecule has 14 heteroatoms. The highest BCUT2D eigenvalue weighted by Crippen LogP contribution is 1.87. The Hall–Kier alpha value is -0.980. The second kappa shape index (κ2) is 40.0. The van der Waals surface area contributed by atoms with Crippen LogP contribution < -0.4 is 5.73 Å². The van der Waals surface area contributed by atoms with Crippen LogP contribution in [0.4, 0.5) is 0 Å². The number of rotatable bonds is 39. The van der Waals surface area contributed by atoms with Gasteiger partial charge >= 0.3 is 0 Å². The minimum absolute atomic E-state index is 0.501. The van der Waals surface area contributed by atoms with E-state index in [1.807, 2.05) is 0 Å². The van der Waals surface area contributed by atoms with Gasteiger partial charge in [0.1, 0.15) is 6.61 Å². The van der Waals surface area contributed by atoms with Crippen LogP contribution >= 0.6 is 0 Å². The third-order valence-electron chi connectivity index (χ3n) is 4.82. The lowest BCUT2D eigenvalue weighted by Gasteiger charge is -2.09. The fourth-order valence-electron chi connectivity index (χ4n) is 2.79. The molecule has 0 bridgehead atoms. The number of nitrogens with two attached hydrogens (primary N) is 1. The molecule has 0 amide bonds. The van der Waals surface area contributed by atoms with Crippen molar-refractivity contribution in [1.82, 2.24) is 0 Å². The molecule has 2 N–H and O–H groups in total. The van der Waals surface area contributed by atoms with Crippen molar-refractivity contribution in [2.24, 2.45) is 5.73 Å². The molecule has 0 aromatic carbocycles. The summed E-state index contributed by atoms with van der Waals surface area (Å²) in [5.41, 5.74) is 5.32. The molecule has 0 aromatic rings. The molecule has 0 aliphatic carbocycles. The lowest BCUT2D eigenvalue weighted by atomic mass is 10.6. The zero-order valence-corrected chi connectivity index (χ0v) is 25.6. The molecule has 0 aliphatic rings. The van der Waals surface area contributed by atoms with E-state index in [1.54, 1.807) is 0 Å². The van der Waals surface area contributed by atoms with Crippen LogP contribution in [-0.2, 0) is 61.6 Å². The summed E-state index contributed by atoms with van der Waals surface area (Å²) in [5.74, 6) is 0. The zero-order valence-electron chi connectivity index (χ0n) is 25.6. The Morgan fingerprint density at radius 3 is 0.619 bits per heavy atom. The molecule has 252 valence electrons. The first-order valence-corrected chi connectivity index (χ1v) is 14.8. The largest absolute Gasteiger partial charge is 0.499 e. The molecule has 0 aromatic heterocycles. The van der Waals surface area contributed by atoms with Crippen molar-refractivity contribution in [2.75, 3.05) is 172 Å². The summed E-state index contributed by atoms with van der Waals surface area (Å²) in [6.45, 7) is 17.0. The molecule has 14 nitrogen and oxygen atoms in total. The minimum atomic E-state index is 0.501. The molecule has 42 heavy (non-hydrogen) atoms. The van der Waals surface area contributed by atoms with Gasteiger partial charge in [-0.05, 0) is 0 Å². The van der Waals surface area contributed by atoms with Crippen molar-refractivity contribution in [2.45, 2.75) is 0 Å². The van der Waals surface area contributed by atoms with E-state index in [1.165, 1.54) is 6.26 Å². The van der Waals surface area contributed by atoms with Gasteiger partial charge in [0.25, 0.3) is 0 Å². The van der Waals surface area contributed by atoms with Crippen LogP contribution in [0.15, 0.2) is 12.8 Å². The quantitative estimate of drug-likeness (QED) is 0.0747. The van der Waals surface area contributed by atoms with Crippen LogP contribution in [0, 0.1) is 0 Å². The maximum absolute atomic E-state index is 5.47. The van der Waals surface area contributed by atoms with E-state index < -0.39 is 0 Å². The van der Waals surface area contributed by atoms with Crippen LogP contribution in [0.2, 0.25) is 0 Å². The van der Waals surface area contributed by atoms with Gasteiger partial charge in [-0.3, -0.25) is 0 Å². The fourth-order valence-corrected chi connectivity index (χ4v) is 2.79. The minimum Gasteiger partial charge on any atom is -0.499 e. The average molecular weight is 616 g/mol. The third kappa shape index (κ3) is 39.0. The van der Waals surface area contributed by atoms with Gasteiger partial charge in [-0.2, -0.15) is 0 Å². The second-order valence-corrected chi connectivity index (χ2v) is 8.17. The normalized spacial score (nSPS) is 11.4. The van der Waals surface area contributed by atoms with Crippen LogP contribution in [0.25, 0.3) is 0 Å². The molecular weight excluding hydrogens is 558 g/mol. The molecule has 0 fully saturated rings. The zero-order chi connectivity index (χ0) is 30.3. The van der Waals surface area contributed by atoms with E-state index in [2.05, 4.69) is 6.58 Å². The lowest BCUT2D eigenvalue weighted by molar-refractivity contribution is -0.0286. The molecular formula is C28H57NO13. The Balaban J connectivity index is 3.02. The van der Waals surface area contributed by atoms with Gasteiger partial charge in [0, 0.05) is 6.54 Å². The van der Waals surface area contributed by atoms with E-state index >= 15 is 0 Å². The Morgan fingerprint density at radius 2 is 0.452 bits per heavy atom. The summed E-state index contributed by atoms with van der Waals surface area (Å²) >= 11 is 0. The molecule has 0 saturated carbocycles. The fraction of sp³-hybridized carbons (Fsp3) is 0.929. The van der Waals surface area contributed by atoms with Gasteiger partial charge < -0.3 is 67.3 Å². The predicted octanol–water partition coefficient (Wildman–Crippen LogP) is 0.304. The summed E-state index contributed by atoms with van der Waals surface area (Å²) in [4.78, 5) is 0.